The first-order valence-corrected chi connectivity index (χ1v) is 20.8. The number of pyridine rings is 2. The molecule has 2 aliphatic rings. The maximum absolute atomic E-state index is 12.9. The Bertz CT molecular complexity index is 2620. The number of hydrogen-bond donors (Lipinski definition) is 3. The molecule has 304 valence electrons. The zero-order chi connectivity index (χ0) is 41.4. The Labute approximate surface area is 360 Å². The van der Waals surface area contributed by atoms with Crippen LogP contribution in [0.5, 0.6) is 0 Å². The number of carbonyl (C=O) groups excluding carboxylic acids is 1. The summed E-state index contributed by atoms with van der Waals surface area (Å²) >= 11 is 0. The number of aromatic nitrogens is 2. The van der Waals surface area contributed by atoms with Crippen molar-refractivity contribution in [3.63, 3.8) is 0 Å². The molecule has 2 aliphatic heterocycles. The number of aliphatic carboxylic acids is 1. The fourth-order valence-corrected chi connectivity index (χ4v) is 8.30. The average molecular weight is 843 g/mol. The molecule has 0 saturated heterocycles. The number of nitrogens with one attached hydrogen (secondary N) is 2. The fraction of sp³-hybridized carbons (Fsp3) is 0.350. The minimum atomic E-state index is -3.53. The summed E-state index contributed by atoms with van der Waals surface area (Å²) in [5.41, 5.74) is 4.45. The molecule has 6 rings (SSSR count). The molecule has 2 aromatic heterocycles. The molecule has 18 heteroatoms. The molecule has 0 radical (unpaired) electrons. The summed E-state index contributed by atoms with van der Waals surface area (Å²) in [5, 5.41) is 16.8. The third kappa shape index (κ3) is 9.67. The van der Waals surface area contributed by atoms with Crippen molar-refractivity contribution in [3.05, 3.63) is 83.2 Å². The van der Waals surface area contributed by atoms with Gasteiger partial charge >= 0.3 is 41.5 Å². The van der Waals surface area contributed by atoms with Gasteiger partial charge in [0.1, 0.15) is 22.8 Å². The molecule has 0 aliphatic carbocycles. The van der Waals surface area contributed by atoms with Gasteiger partial charge in [0.25, 0.3) is 0 Å². The summed E-state index contributed by atoms with van der Waals surface area (Å²) in [6.07, 6.45) is 3.20. The molecule has 4 heterocycles. The molecule has 58 heavy (non-hydrogen) atoms. The van der Waals surface area contributed by atoms with Gasteiger partial charge in [0.15, 0.2) is 19.7 Å². The second kappa shape index (κ2) is 18.2. The Balaban J connectivity index is 0.000000301. The summed E-state index contributed by atoms with van der Waals surface area (Å²) in [7, 11) is -7.06. The molecule has 2 aromatic carbocycles. The number of carboxylic acid groups (broad SMARTS) is 1. The number of anilines is 2. The van der Waals surface area contributed by atoms with E-state index in [0.29, 0.717) is 63.3 Å². The van der Waals surface area contributed by atoms with Crippen LogP contribution in [-0.2, 0) is 34.0 Å². The van der Waals surface area contributed by atoms with Gasteiger partial charge in [0.2, 0.25) is 0 Å². The number of amidine groups is 2. The van der Waals surface area contributed by atoms with Gasteiger partial charge in [-0.3, -0.25) is 20.0 Å². The molecule has 0 fully saturated rings. The Hall–Kier alpha value is -4.52. The normalized spacial score (nSPS) is 14.5. The predicted molar refractivity (Wildman–Crippen MR) is 221 cm³/mol. The zero-order valence-electron chi connectivity index (χ0n) is 34.3. The topological polar surface area (TPSA) is 236 Å². The standard InChI is InChI=1S/C21H25N3O4S.C19H21N3O4S.Na.H2O/c1-6-28-20(25)18-13(2)12-23-19(18)24-17-9-10-22-16-8-7-14(11-15(16)17)29(26,27)21(3,4)5;1-11-10-21-17(16(11)18(23)24)22-15-7-8-20-14-6-5-12(9-13(14)15)27(25,26)19(2,3)4;;/h7-11H,6,12H2,1-5H3,(H,22,23,24);5-9H,10H2,1-4H3,(H,23,24)(H,20,21,22);;1H2/q;;+1;/p-1. The van der Waals surface area contributed by atoms with Crippen molar-refractivity contribution in [2.45, 2.75) is 81.6 Å². The molecule has 0 amide bonds. The van der Waals surface area contributed by atoms with Gasteiger partial charge in [-0.1, -0.05) is 0 Å². The van der Waals surface area contributed by atoms with E-state index in [9.17, 15) is 31.5 Å². The summed E-state index contributed by atoms with van der Waals surface area (Å²) in [5.74, 6) is -0.803. The van der Waals surface area contributed by atoms with Crippen LogP contribution in [0.15, 0.2) is 103 Å². The number of carbonyl (C=O) groups is 2. The van der Waals surface area contributed by atoms with E-state index >= 15 is 0 Å². The van der Waals surface area contributed by atoms with Crippen molar-refractivity contribution < 1.29 is 71.3 Å². The summed E-state index contributed by atoms with van der Waals surface area (Å²) in [6, 6.07) is 13.0. The fourth-order valence-electron chi connectivity index (χ4n) is 5.84. The Kier molecular flexibility index (Phi) is 15.0. The average Bonchev–Trinajstić information content (AvgIpc) is 3.68. The number of hydrogen-bond acceptors (Lipinski definition) is 14. The largest absolute Gasteiger partial charge is 1.00 e. The van der Waals surface area contributed by atoms with Crippen molar-refractivity contribution in [3.8, 4) is 0 Å². The summed E-state index contributed by atoms with van der Waals surface area (Å²) < 4.78 is 54.6. The third-order valence-electron chi connectivity index (χ3n) is 9.13. The number of sulfone groups is 2. The van der Waals surface area contributed by atoms with E-state index in [-0.39, 0.29) is 62.8 Å². The molecule has 4 N–H and O–H groups in total. The van der Waals surface area contributed by atoms with E-state index in [2.05, 4.69) is 30.6 Å². The van der Waals surface area contributed by atoms with Gasteiger partial charge in [-0.15, -0.1) is 0 Å². The molecular formula is C40H47N6NaO9S2. The number of carboxylic acids is 1. The molecule has 0 spiro atoms. The van der Waals surface area contributed by atoms with Gasteiger partial charge in [0, 0.05) is 23.2 Å². The third-order valence-corrected chi connectivity index (χ3v) is 14.1. The monoisotopic (exact) mass is 842 g/mol. The van der Waals surface area contributed by atoms with E-state index in [0.717, 1.165) is 5.57 Å². The molecule has 0 unspecified atom stereocenters. The van der Waals surface area contributed by atoms with Crippen LogP contribution in [0.2, 0.25) is 0 Å². The zero-order valence-corrected chi connectivity index (χ0v) is 37.9. The number of esters is 1. The quantitative estimate of drug-likeness (QED) is 0.179. The summed E-state index contributed by atoms with van der Waals surface area (Å²) in [6.45, 7) is 16.3. The first kappa shape index (κ1) is 47.9. The van der Waals surface area contributed by atoms with Crippen molar-refractivity contribution >= 4 is 76.5 Å². The smallest absolute Gasteiger partial charge is 0.870 e. The van der Waals surface area contributed by atoms with E-state index in [1.807, 2.05) is 6.92 Å². The molecule has 0 bridgehead atoms. The Morgan fingerprint density at radius 2 is 1.10 bits per heavy atom. The van der Waals surface area contributed by atoms with Crippen molar-refractivity contribution in [2.24, 2.45) is 9.98 Å². The van der Waals surface area contributed by atoms with Gasteiger partial charge in [-0.2, -0.15) is 0 Å². The summed E-state index contributed by atoms with van der Waals surface area (Å²) in [4.78, 5) is 41.5. The minimum Gasteiger partial charge on any atom is -0.870 e. The molecular weight excluding hydrogens is 796 g/mol. The first-order valence-electron chi connectivity index (χ1n) is 17.8. The van der Waals surface area contributed by atoms with E-state index < -0.39 is 41.1 Å². The molecule has 0 atom stereocenters. The van der Waals surface area contributed by atoms with Crippen molar-refractivity contribution in [1.82, 2.24) is 9.97 Å². The second-order valence-electron chi connectivity index (χ2n) is 15.2. The van der Waals surface area contributed by atoms with Crippen LogP contribution in [0, 0.1) is 0 Å². The second-order valence-corrected chi connectivity index (χ2v) is 20.6. The Morgan fingerprint density at radius 3 is 1.48 bits per heavy atom. The Morgan fingerprint density at radius 1 is 0.707 bits per heavy atom. The number of nitrogens with zero attached hydrogens (tertiary/aromatic N) is 4. The van der Waals surface area contributed by atoms with E-state index in [4.69, 9.17) is 4.74 Å². The van der Waals surface area contributed by atoms with Gasteiger partial charge in [-0.05, 0) is 122 Å². The van der Waals surface area contributed by atoms with Crippen LogP contribution in [-0.4, -0.2) is 90.2 Å². The van der Waals surface area contributed by atoms with Crippen LogP contribution in [0.3, 0.4) is 0 Å². The van der Waals surface area contributed by atoms with E-state index in [1.54, 1.807) is 116 Å². The maximum atomic E-state index is 12.9. The number of fused-ring (bicyclic) bond motifs is 2. The van der Waals surface area contributed by atoms with Gasteiger partial charge < -0.3 is 26.0 Å². The SMILES string of the molecule is CC1=C(C(=O)O)C(Nc2ccnc3ccc(S(=O)(=O)C(C)(C)C)cc23)=NC1.CCOC(=O)C1=C(C)CN=C1Nc1ccnc2ccc(S(=O)(=O)C(C)(C)C)cc12.[Na+].[OH-]. The predicted octanol–water partition coefficient (Wildman–Crippen LogP) is 3.37. The molecule has 0 saturated carbocycles. The van der Waals surface area contributed by atoms with Crippen LogP contribution < -0.4 is 40.2 Å². The van der Waals surface area contributed by atoms with Crippen LogP contribution in [0.1, 0.15) is 62.3 Å². The molecule has 4 aromatic rings. The van der Waals surface area contributed by atoms with Crippen LogP contribution in [0.25, 0.3) is 21.8 Å². The minimum absolute atomic E-state index is 0. The number of ether oxygens (including phenoxy) is 1. The maximum Gasteiger partial charge on any atom is 1.00 e. The number of aliphatic imine (C=N–C) groups is 2. The number of benzene rings is 2. The van der Waals surface area contributed by atoms with Crippen molar-refractivity contribution in [2.75, 3.05) is 30.3 Å². The van der Waals surface area contributed by atoms with Gasteiger partial charge in [-0.25, -0.2) is 26.4 Å². The molecule has 15 nitrogen and oxygen atoms in total. The van der Waals surface area contributed by atoms with Crippen LogP contribution >= 0.6 is 0 Å². The van der Waals surface area contributed by atoms with E-state index in [1.165, 1.54) is 0 Å². The van der Waals surface area contributed by atoms with Crippen molar-refractivity contribution in [1.29, 1.82) is 0 Å². The number of rotatable bonds is 7. The van der Waals surface area contributed by atoms with Crippen LogP contribution in [0.4, 0.5) is 11.4 Å². The van der Waals surface area contributed by atoms with Gasteiger partial charge in [0.05, 0.1) is 61.4 Å². The first-order chi connectivity index (χ1) is 26.1.